The Balaban J connectivity index is 2.02. The SMILES string of the molecule is CCN(C(=O)C1CCOCC1)C1CCCCC1CN. The van der Waals surface area contributed by atoms with Gasteiger partial charge in [-0.1, -0.05) is 12.8 Å². The topological polar surface area (TPSA) is 55.6 Å². The number of ether oxygens (including phenoxy) is 1. The normalized spacial score (nSPS) is 29.2. The summed E-state index contributed by atoms with van der Waals surface area (Å²) in [6.07, 6.45) is 6.58. The minimum atomic E-state index is 0.175. The molecule has 4 nitrogen and oxygen atoms in total. The van der Waals surface area contributed by atoms with E-state index in [1.807, 2.05) is 0 Å². The number of carbonyl (C=O) groups is 1. The molecule has 0 aromatic heterocycles. The van der Waals surface area contributed by atoms with Crippen LogP contribution in [0.5, 0.6) is 0 Å². The van der Waals surface area contributed by atoms with Crippen molar-refractivity contribution in [2.45, 2.75) is 51.5 Å². The molecule has 0 aromatic carbocycles. The molecule has 2 rings (SSSR count). The molecule has 4 heteroatoms. The summed E-state index contributed by atoms with van der Waals surface area (Å²) >= 11 is 0. The summed E-state index contributed by atoms with van der Waals surface area (Å²) in [6.45, 7) is 5.09. The summed E-state index contributed by atoms with van der Waals surface area (Å²) < 4.78 is 5.36. The summed E-state index contributed by atoms with van der Waals surface area (Å²) in [5.41, 5.74) is 5.91. The molecular formula is C15H28N2O2. The molecule has 110 valence electrons. The molecule has 2 N–H and O–H groups in total. The molecular weight excluding hydrogens is 240 g/mol. The van der Waals surface area contributed by atoms with Crippen LogP contribution < -0.4 is 5.73 Å². The summed E-state index contributed by atoms with van der Waals surface area (Å²) in [6, 6.07) is 0.374. The molecule has 1 aliphatic carbocycles. The van der Waals surface area contributed by atoms with Gasteiger partial charge in [-0.15, -0.1) is 0 Å². The van der Waals surface area contributed by atoms with Crippen LogP contribution in [0.1, 0.15) is 45.4 Å². The second-order valence-corrected chi connectivity index (χ2v) is 5.86. The van der Waals surface area contributed by atoms with Crippen LogP contribution in [0.2, 0.25) is 0 Å². The molecule has 0 spiro atoms. The summed E-state index contributed by atoms with van der Waals surface area (Å²) in [5, 5.41) is 0. The number of hydrogen-bond donors (Lipinski definition) is 1. The van der Waals surface area contributed by atoms with E-state index in [1.54, 1.807) is 0 Å². The van der Waals surface area contributed by atoms with E-state index < -0.39 is 0 Å². The van der Waals surface area contributed by atoms with E-state index in [4.69, 9.17) is 10.5 Å². The summed E-state index contributed by atoms with van der Waals surface area (Å²) in [7, 11) is 0. The van der Waals surface area contributed by atoms with Crippen molar-refractivity contribution in [1.82, 2.24) is 4.90 Å². The minimum Gasteiger partial charge on any atom is -0.381 e. The highest BCUT2D eigenvalue weighted by molar-refractivity contribution is 5.79. The first-order valence-corrected chi connectivity index (χ1v) is 7.86. The van der Waals surface area contributed by atoms with Crippen molar-refractivity contribution in [3.05, 3.63) is 0 Å². The van der Waals surface area contributed by atoms with Crippen molar-refractivity contribution in [2.75, 3.05) is 26.3 Å². The van der Waals surface area contributed by atoms with Gasteiger partial charge >= 0.3 is 0 Å². The first-order chi connectivity index (χ1) is 9.27. The molecule has 1 amide bonds. The zero-order valence-corrected chi connectivity index (χ0v) is 12.1. The lowest BCUT2D eigenvalue weighted by molar-refractivity contribution is -0.142. The molecule has 19 heavy (non-hydrogen) atoms. The molecule has 1 saturated heterocycles. The van der Waals surface area contributed by atoms with E-state index in [0.29, 0.717) is 24.4 Å². The van der Waals surface area contributed by atoms with Gasteiger partial charge in [0.2, 0.25) is 5.91 Å². The van der Waals surface area contributed by atoms with Gasteiger partial charge in [0.05, 0.1) is 0 Å². The molecule has 0 aromatic rings. The zero-order valence-electron chi connectivity index (χ0n) is 12.1. The standard InChI is InChI=1S/C15H28N2O2/c1-2-17(14-6-4-3-5-13(14)11-16)15(18)12-7-9-19-10-8-12/h12-14H,2-11,16H2,1H3. The molecule has 2 fully saturated rings. The van der Waals surface area contributed by atoms with Crippen LogP contribution in [-0.2, 0) is 9.53 Å². The first kappa shape index (κ1) is 14.8. The van der Waals surface area contributed by atoms with Crippen LogP contribution in [0.3, 0.4) is 0 Å². The maximum Gasteiger partial charge on any atom is 0.226 e. The van der Waals surface area contributed by atoms with Crippen molar-refractivity contribution < 1.29 is 9.53 Å². The van der Waals surface area contributed by atoms with Crippen LogP contribution in [0.15, 0.2) is 0 Å². The number of carbonyl (C=O) groups excluding carboxylic acids is 1. The van der Waals surface area contributed by atoms with Gasteiger partial charge in [0.1, 0.15) is 0 Å². The molecule has 1 aliphatic heterocycles. The maximum atomic E-state index is 12.7. The quantitative estimate of drug-likeness (QED) is 0.845. The van der Waals surface area contributed by atoms with Crippen LogP contribution >= 0.6 is 0 Å². The fraction of sp³-hybridized carbons (Fsp3) is 0.933. The fourth-order valence-electron chi connectivity index (χ4n) is 3.61. The van der Waals surface area contributed by atoms with Gasteiger partial charge in [0.25, 0.3) is 0 Å². The molecule has 2 aliphatic rings. The highest BCUT2D eigenvalue weighted by Crippen LogP contribution is 2.30. The lowest BCUT2D eigenvalue weighted by Gasteiger charge is -2.41. The molecule has 0 radical (unpaired) electrons. The summed E-state index contributed by atoms with van der Waals surface area (Å²) in [4.78, 5) is 14.8. The van der Waals surface area contributed by atoms with Gasteiger partial charge in [-0.3, -0.25) is 4.79 Å². The Morgan fingerprint density at radius 1 is 1.21 bits per heavy atom. The van der Waals surface area contributed by atoms with Crippen LogP contribution in [0, 0.1) is 11.8 Å². The average molecular weight is 268 g/mol. The number of nitrogens with zero attached hydrogens (tertiary/aromatic N) is 1. The van der Waals surface area contributed by atoms with E-state index in [0.717, 1.165) is 39.0 Å². The Bertz CT molecular complexity index is 290. The van der Waals surface area contributed by atoms with E-state index in [9.17, 15) is 4.79 Å². The van der Waals surface area contributed by atoms with Crippen LogP contribution in [0.25, 0.3) is 0 Å². The highest BCUT2D eigenvalue weighted by atomic mass is 16.5. The lowest BCUT2D eigenvalue weighted by atomic mass is 9.82. The third kappa shape index (κ3) is 3.48. The second kappa shape index (κ2) is 7.25. The Labute approximate surface area is 116 Å². The lowest BCUT2D eigenvalue weighted by Crippen LogP contribution is -2.50. The zero-order chi connectivity index (χ0) is 13.7. The Hall–Kier alpha value is -0.610. The molecule has 1 heterocycles. The van der Waals surface area contributed by atoms with Gasteiger partial charge in [0.15, 0.2) is 0 Å². The fourth-order valence-corrected chi connectivity index (χ4v) is 3.61. The number of amides is 1. The predicted molar refractivity (Wildman–Crippen MR) is 75.7 cm³/mol. The Kier molecular flexibility index (Phi) is 5.64. The third-order valence-electron chi connectivity index (χ3n) is 4.77. The third-order valence-corrected chi connectivity index (χ3v) is 4.77. The van der Waals surface area contributed by atoms with E-state index >= 15 is 0 Å². The maximum absolute atomic E-state index is 12.7. The van der Waals surface area contributed by atoms with Crippen molar-refractivity contribution >= 4 is 5.91 Å². The minimum absolute atomic E-state index is 0.175. The van der Waals surface area contributed by atoms with Crippen LogP contribution in [0.4, 0.5) is 0 Å². The highest BCUT2D eigenvalue weighted by Gasteiger charge is 2.34. The number of nitrogens with two attached hydrogens (primary N) is 1. The molecule has 0 bridgehead atoms. The van der Waals surface area contributed by atoms with Crippen molar-refractivity contribution in [3.8, 4) is 0 Å². The van der Waals surface area contributed by atoms with Crippen LogP contribution in [-0.4, -0.2) is 43.2 Å². The first-order valence-electron chi connectivity index (χ1n) is 7.86. The van der Waals surface area contributed by atoms with Gasteiger partial charge in [-0.2, -0.15) is 0 Å². The van der Waals surface area contributed by atoms with E-state index in [-0.39, 0.29) is 5.92 Å². The monoisotopic (exact) mass is 268 g/mol. The van der Waals surface area contributed by atoms with Crippen molar-refractivity contribution in [3.63, 3.8) is 0 Å². The Morgan fingerprint density at radius 2 is 1.89 bits per heavy atom. The average Bonchev–Trinajstić information content (AvgIpc) is 2.49. The largest absolute Gasteiger partial charge is 0.381 e. The van der Waals surface area contributed by atoms with E-state index in [2.05, 4.69) is 11.8 Å². The van der Waals surface area contributed by atoms with Gasteiger partial charge in [-0.05, 0) is 45.1 Å². The molecule has 2 atom stereocenters. The van der Waals surface area contributed by atoms with E-state index in [1.165, 1.54) is 19.3 Å². The van der Waals surface area contributed by atoms with Gasteiger partial charge < -0.3 is 15.4 Å². The Morgan fingerprint density at radius 3 is 2.53 bits per heavy atom. The van der Waals surface area contributed by atoms with Gasteiger partial charge in [-0.25, -0.2) is 0 Å². The second-order valence-electron chi connectivity index (χ2n) is 5.86. The molecule has 1 saturated carbocycles. The number of rotatable bonds is 4. The van der Waals surface area contributed by atoms with Crippen molar-refractivity contribution in [1.29, 1.82) is 0 Å². The molecule has 2 unspecified atom stereocenters. The van der Waals surface area contributed by atoms with Gasteiger partial charge in [0, 0.05) is 31.7 Å². The smallest absolute Gasteiger partial charge is 0.226 e. The predicted octanol–water partition coefficient (Wildman–Crippen LogP) is 1.78. The summed E-state index contributed by atoms with van der Waals surface area (Å²) in [5.74, 6) is 1.02. The number of hydrogen-bond acceptors (Lipinski definition) is 3. The van der Waals surface area contributed by atoms with Crippen molar-refractivity contribution in [2.24, 2.45) is 17.6 Å².